The molecule has 0 spiro atoms. The standard InChI is InChI=1S/C19H24N2O5S/c1-14(17-7-5-6-8-18(17)25-4)20-19(22)13-26-15-9-11-16(12-10-15)27(23,24)21(2)3/h5-12,14H,13H2,1-4H3,(H,20,22)/t14-/m0/s1. The summed E-state index contributed by atoms with van der Waals surface area (Å²) in [6.45, 7) is 1.68. The third-order valence-electron chi connectivity index (χ3n) is 3.96. The number of nitrogens with zero attached hydrogens (tertiary/aromatic N) is 1. The molecule has 0 aliphatic rings. The minimum atomic E-state index is -3.49. The number of amides is 1. The number of nitrogens with one attached hydrogen (secondary N) is 1. The second kappa shape index (κ2) is 8.88. The van der Waals surface area contributed by atoms with E-state index in [0.717, 1.165) is 9.87 Å². The maximum atomic E-state index is 12.1. The van der Waals surface area contributed by atoms with Gasteiger partial charge in [-0.2, -0.15) is 0 Å². The summed E-state index contributed by atoms with van der Waals surface area (Å²) >= 11 is 0. The topological polar surface area (TPSA) is 84.9 Å². The summed E-state index contributed by atoms with van der Waals surface area (Å²) in [7, 11) is 1.02. The van der Waals surface area contributed by atoms with Crippen molar-refractivity contribution < 1.29 is 22.7 Å². The highest BCUT2D eigenvalue weighted by atomic mass is 32.2. The van der Waals surface area contributed by atoms with Crippen molar-refractivity contribution in [3.8, 4) is 11.5 Å². The first kappa shape index (κ1) is 20.7. The van der Waals surface area contributed by atoms with Gasteiger partial charge in [0, 0.05) is 19.7 Å². The second-order valence-corrected chi connectivity index (χ2v) is 8.23. The van der Waals surface area contributed by atoms with Crippen LogP contribution < -0.4 is 14.8 Å². The van der Waals surface area contributed by atoms with E-state index in [1.807, 2.05) is 31.2 Å². The van der Waals surface area contributed by atoms with Gasteiger partial charge in [0.05, 0.1) is 18.0 Å². The normalized spacial score (nSPS) is 12.5. The van der Waals surface area contributed by atoms with Gasteiger partial charge in [0.15, 0.2) is 6.61 Å². The Balaban J connectivity index is 1.94. The number of hydrogen-bond acceptors (Lipinski definition) is 5. The Morgan fingerprint density at radius 1 is 1.11 bits per heavy atom. The molecule has 0 aliphatic carbocycles. The average Bonchev–Trinajstić information content (AvgIpc) is 2.66. The first-order valence-corrected chi connectivity index (χ1v) is 9.77. The highest BCUT2D eigenvalue weighted by Gasteiger charge is 2.17. The molecule has 0 saturated carbocycles. The molecular formula is C19H24N2O5S. The lowest BCUT2D eigenvalue weighted by Gasteiger charge is -2.17. The number of carbonyl (C=O) groups excluding carboxylic acids is 1. The first-order chi connectivity index (χ1) is 12.8. The molecule has 0 heterocycles. The van der Waals surface area contributed by atoms with Crippen LogP contribution in [-0.4, -0.2) is 46.4 Å². The summed E-state index contributed by atoms with van der Waals surface area (Å²) in [5, 5.41) is 2.85. The predicted octanol–water partition coefficient (Wildman–Crippen LogP) is 2.20. The summed E-state index contributed by atoms with van der Waals surface area (Å²) in [4.78, 5) is 12.3. The van der Waals surface area contributed by atoms with Gasteiger partial charge in [-0.3, -0.25) is 4.79 Å². The molecule has 2 aromatic carbocycles. The molecule has 0 radical (unpaired) electrons. The van der Waals surface area contributed by atoms with Crippen LogP contribution in [-0.2, 0) is 14.8 Å². The number of ether oxygens (including phenoxy) is 2. The van der Waals surface area contributed by atoms with Gasteiger partial charge in [0.1, 0.15) is 11.5 Å². The van der Waals surface area contributed by atoms with Gasteiger partial charge in [-0.15, -0.1) is 0 Å². The van der Waals surface area contributed by atoms with Crippen molar-refractivity contribution in [3.05, 3.63) is 54.1 Å². The molecule has 8 heteroatoms. The Bertz CT molecular complexity index is 879. The fraction of sp³-hybridized carbons (Fsp3) is 0.316. The van der Waals surface area contributed by atoms with E-state index in [1.54, 1.807) is 7.11 Å². The van der Waals surface area contributed by atoms with Crippen molar-refractivity contribution in [2.24, 2.45) is 0 Å². The van der Waals surface area contributed by atoms with Crippen molar-refractivity contribution >= 4 is 15.9 Å². The van der Waals surface area contributed by atoms with Crippen LogP contribution in [0.4, 0.5) is 0 Å². The van der Waals surface area contributed by atoms with E-state index in [0.29, 0.717) is 11.5 Å². The third-order valence-corrected chi connectivity index (χ3v) is 5.78. The lowest BCUT2D eigenvalue weighted by atomic mass is 10.1. The molecule has 1 amide bonds. The number of para-hydroxylation sites is 1. The zero-order valence-corrected chi connectivity index (χ0v) is 16.6. The minimum absolute atomic E-state index is 0.161. The fourth-order valence-electron chi connectivity index (χ4n) is 2.45. The number of benzene rings is 2. The molecule has 0 aliphatic heterocycles. The van der Waals surface area contributed by atoms with Crippen molar-refractivity contribution in [1.29, 1.82) is 0 Å². The zero-order chi connectivity index (χ0) is 20.0. The molecule has 0 saturated heterocycles. The maximum Gasteiger partial charge on any atom is 0.258 e. The van der Waals surface area contributed by atoms with E-state index in [-0.39, 0.29) is 23.5 Å². The molecule has 0 bridgehead atoms. The number of methoxy groups -OCH3 is 1. The Hall–Kier alpha value is -2.58. The molecular weight excluding hydrogens is 368 g/mol. The van der Waals surface area contributed by atoms with Crippen molar-refractivity contribution in [2.45, 2.75) is 17.9 Å². The Morgan fingerprint density at radius 2 is 1.74 bits per heavy atom. The van der Waals surface area contributed by atoms with Gasteiger partial charge in [-0.25, -0.2) is 12.7 Å². The van der Waals surface area contributed by atoms with Crippen LogP contribution in [0.3, 0.4) is 0 Å². The Labute approximate surface area is 160 Å². The molecule has 0 unspecified atom stereocenters. The minimum Gasteiger partial charge on any atom is -0.496 e. The number of hydrogen-bond donors (Lipinski definition) is 1. The summed E-state index contributed by atoms with van der Waals surface area (Å²) in [6, 6.07) is 13.1. The molecule has 1 N–H and O–H groups in total. The lowest BCUT2D eigenvalue weighted by molar-refractivity contribution is -0.123. The Kier molecular flexibility index (Phi) is 6.81. The Morgan fingerprint density at radius 3 is 2.33 bits per heavy atom. The third kappa shape index (κ3) is 5.21. The van der Waals surface area contributed by atoms with Crippen LogP contribution in [0.2, 0.25) is 0 Å². The zero-order valence-electron chi connectivity index (χ0n) is 15.8. The maximum absolute atomic E-state index is 12.1. The molecule has 7 nitrogen and oxygen atoms in total. The van der Waals surface area contributed by atoms with Crippen LogP contribution in [0.1, 0.15) is 18.5 Å². The quantitative estimate of drug-likeness (QED) is 0.744. The lowest BCUT2D eigenvalue weighted by Crippen LogP contribution is -2.31. The van der Waals surface area contributed by atoms with Gasteiger partial charge in [0.25, 0.3) is 5.91 Å². The van der Waals surface area contributed by atoms with Crippen molar-refractivity contribution in [3.63, 3.8) is 0 Å². The van der Waals surface area contributed by atoms with Crippen LogP contribution in [0.5, 0.6) is 11.5 Å². The predicted molar refractivity (Wildman–Crippen MR) is 102 cm³/mol. The largest absolute Gasteiger partial charge is 0.496 e. The molecule has 27 heavy (non-hydrogen) atoms. The van der Waals surface area contributed by atoms with E-state index >= 15 is 0 Å². The van der Waals surface area contributed by atoms with E-state index in [1.165, 1.54) is 38.4 Å². The summed E-state index contributed by atoms with van der Waals surface area (Å²) in [5.74, 6) is 0.815. The van der Waals surface area contributed by atoms with E-state index in [9.17, 15) is 13.2 Å². The SMILES string of the molecule is COc1ccccc1[C@H](C)NC(=O)COc1ccc(S(=O)(=O)N(C)C)cc1. The molecule has 0 fully saturated rings. The van der Waals surface area contributed by atoms with Gasteiger partial charge in [0.2, 0.25) is 10.0 Å². The van der Waals surface area contributed by atoms with Crippen molar-refractivity contribution in [2.75, 3.05) is 27.8 Å². The van der Waals surface area contributed by atoms with Crippen molar-refractivity contribution in [1.82, 2.24) is 9.62 Å². The summed E-state index contributed by atoms with van der Waals surface area (Å²) in [5.41, 5.74) is 0.867. The van der Waals surface area contributed by atoms with Crippen LogP contribution >= 0.6 is 0 Å². The number of sulfonamides is 1. The van der Waals surface area contributed by atoms with Crippen LogP contribution in [0, 0.1) is 0 Å². The molecule has 1 atom stereocenters. The summed E-state index contributed by atoms with van der Waals surface area (Å²) < 4.78 is 35.9. The summed E-state index contributed by atoms with van der Waals surface area (Å²) in [6.07, 6.45) is 0. The van der Waals surface area contributed by atoms with E-state index in [4.69, 9.17) is 9.47 Å². The highest BCUT2D eigenvalue weighted by molar-refractivity contribution is 7.89. The first-order valence-electron chi connectivity index (χ1n) is 8.33. The molecule has 2 rings (SSSR count). The molecule has 146 valence electrons. The fourth-order valence-corrected chi connectivity index (χ4v) is 3.35. The second-order valence-electron chi connectivity index (χ2n) is 6.08. The van der Waals surface area contributed by atoms with Crippen LogP contribution in [0.15, 0.2) is 53.4 Å². The van der Waals surface area contributed by atoms with Gasteiger partial charge >= 0.3 is 0 Å². The average molecular weight is 392 g/mol. The van der Waals surface area contributed by atoms with Gasteiger partial charge in [-0.05, 0) is 37.3 Å². The molecule has 0 aromatic heterocycles. The smallest absolute Gasteiger partial charge is 0.258 e. The van der Waals surface area contributed by atoms with Gasteiger partial charge < -0.3 is 14.8 Å². The highest BCUT2D eigenvalue weighted by Crippen LogP contribution is 2.24. The van der Waals surface area contributed by atoms with E-state index < -0.39 is 10.0 Å². The van der Waals surface area contributed by atoms with E-state index in [2.05, 4.69) is 5.32 Å². The number of carbonyl (C=O) groups is 1. The number of rotatable bonds is 8. The van der Waals surface area contributed by atoms with Crippen LogP contribution in [0.25, 0.3) is 0 Å². The monoisotopic (exact) mass is 392 g/mol. The molecule has 2 aromatic rings. The van der Waals surface area contributed by atoms with Gasteiger partial charge in [-0.1, -0.05) is 18.2 Å².